The van der Waals surface area contributed by atoms with E-state index in [-0.39, 0.29) is 17.5 Å². The number of amides is 1. The van der Waals surface area contributed by atoms with Crippen molar-refractivity contribution >= 4 is 17.6 Å². The molecule has 1 amide bonds. The SMILES string of the molecule is CC[C@@H](C)OC(=O)c1nc(C)c(C)nc1C(=O)Nc1cc(C)ccc1C. The van der Waals surface area contributed by atoms with Crippen molar-refractivity contribution in [2.24, 2.45) is 0 Å². The van der Waals surface area contributed by atoms with Crippen LogP contribution in [0.4, 0.5) is 5.69 Å². The molecule has 1 heterocycles. The summed E-state index contributed by atoms with van der Waals surface area (Å²) in [6.07, 6.45) is 0.412. The first-order chi connectivity index (χ1) is 12.2. The average Bonchev–Trinajstić information content (AvgIpc) is 2.59. The van der Waals surface area contributed by atoms with Gasteiger partial charge in [0.15, 0.2) is 11.4 Å². The Hall–Kier alpha value is -2.76. The Morgan fingerprint density at radius 2 is 1.69 bits per heavy atom. The van der Waals surface area contributed by atoms with Crippen LogP contribution in [0.3, 0.4) is 0 Å². The second-order valence-corrected chi connectivity index (χ2v) is 6.49. The van der Waals surface area contributed by atoms with Gasteiger partial charge in [0.2, 0.25) is 0 Å². The molecule has 6 nitrogen and oxygen atoms in total. The summed E-state index contributed by atoms with van der Waals surface area (Å²) in [5.74, 6) is -1.12. The van der Waals surface area contributed by atoms with Crippen LogP contribution >= 0.6 is 0 Å². The van der Waals surface area contributed by atoms with Crippen LogP contribution in [0.2, 0.25) is 0 Å². The summed E-state index contributed by atoms with van der Waals surface area (Å²) in [6, 6.07) is 5.77. The summed E-state index contributed by atoms with van der Waals surface area (Å²) in [5, 5.41) is 2.83. The third-order valence-corrected chi connectivity index (χ3v) is 4.24. The lowest BCUT2D eigenvalue weighted by Crippen LogP contribution is -2.24. The highest BCUT2D eigenvalue weighted by Gasteiger charge is 2.25. The van der Waals surface area contributed by atoms with E-state index in [1.807, 2.05) is 39.0 Å². The van der Waals surface area contributed by atoms with Crippen LogP contribution in [-0.4, -0.2) is 27.9 Å². The van der Waals surface area contributed by atoms with E-state index >= 15 is 0 Å². The Morgan fingerprint density at radius 3 is 2.31 bits per heavy atom. The number of carbonyl (C=O) groups excluding carboxylic acids is 2. The number of anilines is 1. The highest BCUT2D eigenvalue weighted by Crippen LogP contribution is 2.19. The normalized spacial score (nSPS) is 11.8. The minimum atomic E-state index is -0.638. The van der Waals surface area contributed by atoms with Crippen molar-refractivity contribution in [3.05, 3.63) is 52.1 Å². The highest BCUT2D eigenvalue weighted by molar-refractivity contribution is 6.09. The van der Waals surface area contributed by atoms with Gasteiger partial charge < -0.3 is 10.1 Å². The molecule has 6 heteroatoms. The van der Waals surface area contributed by atoms with Gasteiger partial charge >= 0.3 is 5.97 Å². The monoisotopic (exact) mass is 355 g/mol. The second-order valence-electron chi connectivity index (χ2n) is 6.49. The van der Waals surface area contributed by atoms with Crippen molar-refractivity contribution < 1.29 is 14.3 Å². The molecule has 0 unspecified atom stereocenters. The molecule has 1 N–H and O–H groups in total. The second kappa shape index (κ2) is 8.08. The van der Waals surface area contributed by atoms with Gasteiger partial charge in [0.1, 0.15) is 0 Å². The maximum Gasteiger partial charge on any atom is 0.359 e. The van der Waals surface area contributed by atoms with E-state index in [1.54, 1.807) is 20.8 Å². The molecular weight excluding hydrogens is 330 g/mol. The minimum absolute atomic E-state index is 0.0256. The van der Waals surface area contributed by atoms with Gasteiger partial charge in [0, 0.05) is 5.69 Å². The Bertz CT molecular complexity index is 846. The van der Waals surface area contributed by atoms with Crippen LogP contribution in [0.15, 0.2) is 18.2 Å². The van der Waals surface area contributed by atoms with Crippen LogP contribution in [0.5, 0.6) is 0 Å². The fraction of sp³-hybridized carbons (Fsp3) is 0.400. The van der Waals surface area contributed by atoms with Gasteiger partial charge in [-0.15, -0.1) is 0 Å². The number of ether oxygens (including phenoxy) is 1. The lowest BCUT2D eigenvalue weighted by molar-refractivity contribution is 0.0324. The summed E-state index contributed by atoms with van der Waals surface area (Å²) in [6.45, 7) is 11.1. The largest absolute Gasteiger partial charge is 0.458 e. The topological polar surface area (TPSA) is 81.2 Å². The maximum atomic E-state index is 12.8. The fourth-order valence-electron chi connectivity index (χ4n) is 2.28. The molecule has 0 aliphatic heterocycles. The number of carbonyl (C=O) groups is 2. The quantitative estimate of drug-likeness (QED) is 0.822. The number of hydrogen-bond donors (Lipinski definition) is 1. The van der Waals surface area contributed by atoms with Crippen molar-refractivity contribution in [3.63, 3.8) is 0 Å². The zero-order valence-corrected chi connectivity index (χ0v) is 16.1. The molecule has 2 aromatic rings. The van der Waals surface area contributed by atoms with Crippen molar-refractivity contribution in [1.82, 2.24) is 9.97 Å². The third kappa shape index (κ3) is 4.45. The molecule has 1 atom stereocenters. The van der Waals surface area contributed by atoms with E-state index in [2.05, 4.69) is 15.3 Å². The van der Waals surface area contributed by atoms with E-state index in [4.69, 9.17) is 4.74 Å². The first kappa shape index (κ1) is 19.6. The van der Waals surface area contributed by atoms with Crippen LogP contribution in [0.1, 0.15) is 63.8 Å². The van der Waals surface area contributed by atoms with Crippen LogP contribution < -0.4 is 5.32 Å². The number of benzene rings is 1. The maximum absolute atomic E-state index is 12.8. The summed E-state index contributed by atoms with van der Waals surface area (Å²) in [5.41, 5.74) is 3.72. The number of rotatable bonds is 5. The number of aromatic nitrogens is 2. The summed E-state index contributed by atoms with van der Waals surface area (Å²) in [4.78, 5) is 33.8. The van der Waals surface area contributed by atoms with Gasteiger partial charge in [0.05, 0.1) is 17.5 Å². The molecule has 1 aromatic heterocycles. The number of nitrogens with zero attached hydrogens (tertiary/aromatic N) is 2. The van der Waals surface area contributed by atoms with E-state index in [0.717, 1.165) is 11.1 Å². The Morgan fingerprint density at radius 1 is 1.08 bits per heavy atom. The van der Waals surface area contributed by atoms with Gasteiger partial charge in [-0.25, -0.2) is 14.8 Å². The zero-order chi connectivity index (χ0) is 19.4. The van der Waals surface area contributed by atoms with Crippen molar-refractivity contribution in [3.8, 4) is 0 Å². The van der Waals surface area contributed by atoms with Crippen LogP contribution in [0.25, 0.3) is 0 Å². The number of aryl methyl sites for hydroxylation is 4. The van der Waals surface area contributed by atoms with Gasteiger partial charge in [-0.3, -0.25) is 4.79 Å². The van der Waals surface area contributed by atoms with E-state index in [9.17, 15) is 9.59 Å². The number of esters is 1. The molecule has 0 bridgehead atoms. The molecule has 0 saturated heterocycles. The summed E-state index contributed by atoms with van der Waals surface area (Å²) >= 11 is 0. The van der Waals surface area contributed by atoms with Gasteiger partial charge in [-0.1, -0.05) is 19.1 Å². The molecule has 0 radical (unpaired) electrons. The van der Waals surface area contributed by atoms with Gasteiger partial charge in [0.25, 0.3) is 5.91 Å². The van der Waals surface area contributed by atoms with E-state index in [1.165, 1.54) is 0 Å². The van der Waals surface area contributed by atoms with Crippen LogP contribution in [-0.2, 0) is 4.74 Å². The molecular formula is C20H25N3O3. The standard InChI is InChI=1S/C20H25N3O3/c1-7-13(4)26-20(25)18-17(21-14(5)15(6)22-18)19(24)23-16-10-11(2)8-9-12(16)3/h8-10,13H,7H2,1-6H3,(H,23,24)/t13-/m1/s1. The lowest BCUT2D eigenvalue weighted by atomic mass is 10.1. The Balaban J connectivity index is 2.40. The van der Waals surface area contributed by atoms with Crippen LogP contribution in [0, 0.1) is 27.7 Å². The minimum Gasteiger partial charge on any atom is -0.458 e. The van der Waals surface area contributed by atoms with Crippen molar-refractivity contribution in [2.45, 2.75) is 54.1 Å². The van der Waals surface area contributed by atoms with Gasteiger partial charge in [-0.2, -0.15) is 0 Å². The highest BCUT2D eigenvalue weighted by atomic mass is 16.5. The molecule has 0 aliphatic carbocycles. The zero-order valence-electron chi connectivity index (χ0n) is 16.1. The first-order valence-corrected chi connectivity index (χ1v) is 8.67. The summed E-state index contributed by atoms with van der Waals surface area (Å²) < 4.78 is 5.34. The fourth-order valence-corrected chi connectivity index (χ4v) is 2.28. The number of nitrogens with one attached hydrogen (secondary N) is 1. The molecule has 2 rings (SSSR count). The lowest BCUT2D eigenvalue weighted by Gasteiger charge is -2.14. The molecule has 0 saturated carbocycles. The van der Waals surface area contributed by atoms with Crippen molar-refractivity contribution in [1.29, 1.82) is 0 Å². The van der Waals surface area contributed by atoms with Gasteiger partial charge in [-0.05, 0) is 58.2 Å². The smallest absolute Gasteiger partial charge is 0.359 e. The Labute approximate surface area is 154 Å². The van der Waals surface area contributed by atoms with E-state index in [0.29, 0.717) is 23.5 Å². The average molecular weight is 355 g/mol. The molecule has 0 aliphatic rings. The molecule has 1 aromatic carbocycles. The molecule has 0 spiro atoms. The van der Waals surface area contributed by atoms with Crippen molar-refractivity contribution in [2.75, 3.05) is 5.32 Å². The third-order valence-electron chi connectivity index (χ3n) is 4.24. The van der Waals surface area contributed by atoms with E-state index < -0.39 is 11.9 Å². The predicted molar refractivity (Wildman–Crippen MR) is 101 cm³/mol. The Kier molecular flexibility index (Phi) is 6.08. The molecule has 26 heavy (non-hydrogen) atoms. The molecule has 138 valence electrons. The molecule has 0 fully saturated rings. The summed E-state index contributed by atoms with van der Waals surface area (Å²) in [7, 11) is 0. The number of hydrogen-bond acceptors (Lipinski definition) is 5. The first-order valence-electron chi connectivity index (χ1n) is 8.67. The predicted octanol–water partition coefficient (Wildman–Crippen LogP) is 3.92.